The number of nitrogen functional groups attached to an aromatic ring is 1. The molecule has 4 heteroatoms. The zero-order valence-corrected chi connectivity index (χ0v) is 10.4. The number of rotatable bonds is 2. The Hall–Kier alpha value is -1.94. The number of fused-ring (bicyclic) bond motifs is 1. The van der Waals surface area contributed by atoms with Gasteiger partial charge in [0.15, 0.2) is 0 Å². The third kappa shape index (κ3) is 2.19. The molecule has 0 unspecified atom stereocenters. The molecule has 1 aromatic heterocycles. The van der Waals surface area contributed by atoms with E-state index in [0.29, 0.717) is 0 Å². The Morgan fingerprint density at radius 2 is 1.89 bits per heavy atom. The van der Waals surface area contributed by atoms with Gasteiger partial charge in [0.05, 0.1) is 15.2 Å². The van der Waals surface area contributed by atoms with Crippen molar-refractivity contribution in [2.24, 2.45) is 0 Å². The monoisotopic (exact) mass is 258 g/mol. The van der Waals surface area contributed by atoms with Gasteiger partial charge in [0.25, 0.3) is 0 Å². The van der Waals surface area contributed by atoms with Gasteiger partial charge >= 0.3 is 0 Å². The van der Waals surface area contributed by atoms with E-state index in [1.807, 2.05) is 18.2 Å². The normalized spacial score (nSPS) is 10.9. The van der Waals surface area contributed by atoms with Crippen molar-refractivity contribution < 1.29 is 4.39 Å². The first kappa shape index (κ1) is 11.2. The Balaban J connectivity index is 1.92. The number of nitrogens with zero attached hydrogens (tertiary/aromatic N) is 1. The topological polar surface area (TPSA) is 38.9 Å². The summed E-state index contributed by atoms with van der Waals surface area (Å²) >= 11 is 1.63. The fourth-order valence-corrected chi connectivity index (χ4v) is 2.89. The minimum Gasteiger partial charge on any atom is -0.399 e. The van der Waals surface area contributed by atoms with Gasteiger partial charge in [-0.1, -0.05) is 12.1 Å². The lowest BCUT2D eigenvalue weighted by Crippen LogP contribution is -1.86. The molecule has 0 amide bonds. The van der Waals surface area contributed by atoms with Crippen molar-refractivity contribution in [1.29, 1.82) is 0 Å². The molecular weight excluding hydrogens is 247 g/mol. The van der Waals surface area contributed by atoms with Crippen LogP contribution in [0.15, 0.2) is 42.5 Å². The zero-order valence-electron chi connectivity index (χ0n) is 9.56. The van der Waals surface area contributed by atoms with Crippen LogP contribution >= 0.6 is 11.3 Å². The molecule has 2 N–H and O–H groups in total. The molecule has 0 aliphatic carbocycles. The highest BCUT2D eigenvalue weighted by Gasteiger charge is 2.05. The quantitative estimate of drug-likeness (QED) is 0.713. The maximum absolute atomic E-state index is 12.8. The van der Waals surface area contributed by atoms with Crippen molar-refractivity contribution in [2.45, 2.75) is 6.42 Å². The van der Waals surface area contributed by atoms with Gasteiger partial charge in [0.2, 0.25) is 0 Å². The molecule has 2 aromatic carbocycles. The smallest absolute Gasteiger partial charge is 0.123 e. The van der Waals surface area contributed by atoms with E-state index in [2.05, 4.69) is 4.98 Å². The van der Waals surface area contributed by atoms with Crippen LogP contribution < -0.4 is 5.73 Å². The highest BCUT2D eigenvalue weighted by atomic mass is 32.1. The third-order valence-electron chi connectivity index (χ3n) is 2.73. The zero-order chi connectivity index (χ0) is 12.5. The molecule has 0 spiro atoms. The van der Waals surface area contributed by atoms with Crippen molar-refractivity contribution in [3.05, 3.63) is 58.9 Å². The molecular formula is C14H11FN2S. The van der Waals surface area contributed by atoms with E-state index in [1.54, 1.807) is 23.5 Å². The Labute approximate surface area is 108 Å². The number of benzene rings is 2. The molecule has 0 radical (unpaired) electrons. The number of aromatic nitrogens is 1. The molecule has 3 aromatic rings. The van der Waals surface area contributed by atoms with Crippen LogP contribution in [0, 0.1) is 5.82 Å². The van der Waals surface area contributed by atoms with Crippen LogP contribution in [0.25, 0.3) is 10.2 Å². The van der Waals surface area contributed by atoms with Gasteiger partial charge in [0.1, 0.15) is 5.82 Å². The molecule has 18 heavy (non-hydrogen) atoms. The number of nitrogens with two attached hydrogens (primary N) is 1. The largest absolute Gasteiger partial charge is 0.399 e. The van der Waals surface area contributed by atoms with Crippen molar-refractivity contribution in [3.63, 3.8) is 0 Å². The van der Waals surface area contributed by atoms with Crippen LogP contribution in [0.1, 0.15) is 10.6 Å². The number of hydrogen-bond donors (Lipinski definition) is 1. The maximum Gasteiger partial charge on any atom is 0.123 e. The van der Waals surface area contributed by atoms with Crippen LogP contribution in [-0.4, -0.2) is 4.98 Å². The molecule has 0 fully saturated rings. The summed E-state index contributed by atoms with van der Waals surface area (Å²) in [7, 11) is 0. The van der Waals surface area contributed by atoms with Crippen LogP contribution in [0.2, 0.25) is 0 Å². The average Bonchev–Trinajstić information content (AvgIpc) is 2.73. The molecule has 0 atom stereocenters. The van der Waals surface area contributed by atoms with Gasteiger partial charge < -0.3 is 5.73 Å². The number of anilines is 1. The predicted octanol–water partition coefficient (Wildman–Crippen LogP) is 3.61. The fourth-order valence-electron chi connectivity index (χ4n) is 1.84. The molecule has 0 saturated carbocycles. The SMILES string of the molecule is Nc1ccc2nc(Cc3ccc(F)cc3)sc2c1. The van der Waals surface area contributed by atoms with Crippen LogP contribution in [-0.2, 0) is 6.42 Å². The molecule has 0 aliphatic rings. The molecule has 2 nitrogen and oxygen atoms in total. The molecule has 0 aliphatic heterocycles. The second-order valence-corrected chi connectivity index (χ2v) is 5.25. The van der Waals surface area contributed by atoms with Crippen LogP contribution in [0.5, 0.6) is 0 Å². The van der Waals surface area contributed by atoms with E-state index in [4.69, 9.17) is 5.73 Å². The van der Waals surface area contributed by atoms with Gasteiger partial charge in [-0.3, -0.25) is 0 Å². The highest BCUT2D eigenvalue weighted by Crippen LogP contribution is 2.25. The van der Waals surface area contributed by atoms with E-state index in [1.165, 1.54) is 12.1 Å². The number of hydrogen-bond acceptors (Lipinski definition) is 3. The van der Waals surface area contributed by atoms with Gasteiger partial charge in [-0.25, -0.2) is 9.37 Å². The number of halogens is 1. The minimum absolute atomic E-state index is 0.212. The molecule has 0 saturated heterocycles. The van der Waals surface area contributed by atoms with Crippen LogP contribution in [0.4, 0.5) is 10.1 Å². The van der Waals surface area contributed by atoms with E-state index in [0.717, 1.165) is 32.9 Å². The summed E-state index contributed by atoms with van der Waals surface area (Å²) in [5, 5.41) is 1.02. The summed E-state index contributed by atoms with van der Waals surface area (Å²) in [5.74, 6) is -0.212. The van der Waals surface area contributed by atoms with Gasteiger partial charge in [-0.2, -0.15) is 0 Å². The first-order valence-electron chi connectivity index (χ1n) is 5.60. The molecule has 3 rings (SSSR count). The summed E-state index contributed by atoms with van der Waals surface area (Å²) in [5.41, 5.74) is 8.51. The van der Waals surface area contributed by atoms with Crippen molar-refractivity contribution in [1.82, 2.24) is 4.98 Å². The Morgan fingerprint density at radius 1 is 1.11 bits per heavy atom. The summed E-state index contributed by atoms with van der Waals surface area (Å²) in [4.78, 5) is 4.54. The maximum atomic E-state index is 12.8. The van der Waals surface area contributed by atoms with E-state index in [-0.39, 0.29) is 5.82 Å². The van der Waals surface area contributed by atoms with Crippen molar-refractivity contribution in [3.8, 4) is 0 Å². The average molecular weight is 258 g/mol. The molecule has 0 bridgehead atoms. The Morgan fingerprint density at radius 3 is 2.67 bits per heavy atom. The van der Waals surface area contributed by atoms with Crippen LogP contribution in [0.3, 0.4) is 0 Å². The van der Waals surface area contributed by atoms with Gasteiger partial charge in [-0.05, 0) is 35.9 Å². The van der Waals surface area contributed by atoms with E-state index < -0.39 is 0 Å². The fraction of sp³-hybridized carbons (Fsp3) is 0.0714. The summed E-state index contributed by atoms with van der Waals surface area (Å²) in [6.07, 6.45) is 0.722. The number of thiazole rings is 1. The second kappa shape index (κ2) is 4.38. The van der Waals surface area contributed by atoms with Gasteiger partial charge in [0, 0.05) is 12.1 Å². The van der Waals surface area contributed by atoms with E-state index >= 15 is 0 Å². The van der Waals surface area contributed by atoms with E-state index in [9.17, 15) is 4.39 Å². The third-order valence-corrected chi connectivity index (χ3v) is 3.74. The Bertz CT molecular complexity index is 689. The minimum atomic E-state index is -0.212. The first-order chi connectivity index (χ1) is 8.70. The second-order valence-electron chi connectivity index (χ2n) is 4.14. The lowest BCUT2D eigenvalue weighted by atomic mass is 10.1. The lowest BCUT2D eigenvalue weighted by Gasteiger charge is -1.96. The summed E-state index contributed by atoms with van der Waals surface area (Å²) < 4.78 is 13.9. The summed E-state index contributed by atoms with van der Waals surface area (Å²) in [6, 6.07) is 12.2. The lowest BCUT2D eigenvalue weighted by molar-refractivity contribution is 0.627. The summed E-state index contributed by atoms with van der Waals surface area (Å²) in [6.45, 7) is 0. The first-order valence-corrected chi connectivity index (χ1v) is 6.42. The van der Waals surface area contributed by atoms with Crippen molar-refractivity contribution in [2.75, 3.05) is 5.73 Å². The van der Waals surface area contributed by atoms with Gasteiger partial charge in [-0.15, -0.1) is 11.3 Å². The molecule has 1 heterocycles. The van der Waals surface area contributed by atoms with Crippen molar-refractivity contribution >= 4 is 27.2 Å². The Kier molecular flexibility index (Phi) is 2.72. The standard InChI is InChI=1S/C14H11FN2S/c15-10-3-1-9(2-4-10)7-14-17-12-6-5-11(16)8-13(12)18-14/h1-6,8H,7,16H2. The highest BCUT2D eigenvalue weighted by molar-refractivity contribution is 7.18. The predicted molar refractivity (Wildman–Crippen MR) is 73.2 cm³/mol. The molecule has 90 valence electrons.